The number of hydrogen-bond acceptors (Lipinski definition) is 1. The molecule has 0 aliphatic rings. The van der Waals surface area contributed by atoms with Gasteiger partial charge < -0.3 is 0 Å². The fourth-order valence-corrected chi connectivity index (χ4v) is 1.35. The van der Waals surface area contributed by atoms with Crippen molar-refractivity contribution >= 4 is 5.78 Å². The van der Waals surface area contributed by atoms with Crippen molar-refractivity contribution in [2.45, 2.75) is 26.7 Å². The van der Waals surface area contributed by atoms with E-state index in [1.807, 2.05) is 6.92 Å². The van der Waals surface area contributed by atoms with Crippen molar-refractivity contribution in [3.05, 3.63) is 47.0 Å². The quantitative estimate of drug-likeness (QED) is 0.561. The van der Waals surface area contributed by atoms with E-state index in [9.17, 15) is 13.6 Å². The zero-order chi connectivity index (χ0) is 12.3. The third-order valence-corrected chi connectivity index (χ3v) is 2.47. The lowest BCUT2D eigenvalue weighted by atomic mass is 10.00. The average molecular weight is 224 g/mol. The number of allylic oxidation sites excluding steroid dienone is 1. The molecule has 16 heavy (non-hydrogen) atoms. The highest BCUT2D eigenvalue weighted by Crippen LogP contribution is 2.19. The van der Waals surface area contributed by atoms with E-state index in [1.165, 1.54) is 13.0 Å². The number of rotatable bonds is 4. The summed E-state index contributed by atoms with van der Waals surface area (Å²) >= 11 is 0. The molecule has 86 valence electrons. The molecule has 0 fully saturated rings. The lowest BCUT2D eigenvalue weighted by molar-refractivity contribution is 0.0984. The molecule has 0 saturated heterocycles. The van der Waals surface area contributed by atoms with Crippen molar-refractivity contribution in [2.24, 2.45) is 0 Å². The van der Waals surface area contributed by atoms with Gasteiger partial charge in [-0.15, -0.1) is 0 Å². The van der Waals surface area contributed by atoms with Crippen LogP contribution < -0.4 is 0 Å². The van der Waals surface area contributed by atoms with Crippen LogP contribution in [0.1, 0.15) is 35.7 Å². The third kappa shape index (κ3) is 2.54. The van der Waals surface area contributed by atoms with Crippen LogP contribution in [-0.2, 0) is 0 Å². The van der Waals surface area contributed by atoms with Gasteiger partial charge in [-0.3, -0.25) is 4.79 Å². The second-order valence-electron chi connectivity index (χ2n) is 3.76. The Balaban J connectivity index is 3.08. The number of halogens is 2. The Hall–Kier alpha value is -1.51. The summed E-state index contributed by atoms with van der Waals surface area (Å²) in [6.45, 7) is 7.00. The van der Waals surface area contributed by atoms with Crippen molar-refractivity contribution in [3.8, 4) is 0 Å². The van der Waals surface area contributed by atoms with Gasteiger partial charge in [-0.05, 0) is 25.0 Å². The standard InChI is InChI=1S/C13H14F2O/c1-4-8(2)7-11(16)12-10(14)6-5-9(3)13(12)15/h5-6H,2,4,7H2,1,3H3. The summed E-state index contributed by atoms with van der Waals surface area (Å²) in [7, 11) is 0. The maximum atomic E-state index is 13.6. The van der Waals surface area contributed by atoms with Gasteiger partial charge in [-0.1, -0.05) is 25.1 Å². The van der Waals surface area contributed by atoms with Crippen LogP contribution in [0.2, 0.25) is 0 Å². The SMILES string of the molecule is C=C(CC)CC(=O)c1c(F)ccc(C)c1F. The predicted octanol–water partition coefficient (Wildman–Crippen LogP) is 3.81. The highest BCUT2D eigenvalue weighted by Gasteiger charge is 2.18. The van der Waals surface area contributed by atoms with Gasteiger partial charge in [0.15, 0.2) is 5.78 Å². The Morgan fingerprint density at radius 3 is 2.56 bits per heavy atom. The second-order valence-corrected chi connectivity index (χ2v) is 3.76. The van der Waals surface area contributed by atoms with E-state index < -0.39 is 23.0 Å². The van der Waals surface area contributed by atoms with E-state index in [1.54, 1.807) is 0 Å². The van der Waals surface area contributed by atoms with Crippen LogP contribution in [0.3, 0.4) is 0 Å². The first kappa shape index (κ1) is 12.6. The first-order chi connectivity index (χ1) is 7.47. The molecular weight excluding hydrogens is 210 g/mol. The number of Topliss-reactive ketones (excluding diaryl/α,β-unsaturated/α-hetero) is 1. The van der Waals surface area contributed by atoms with Gasteiger partial charge in [0.25, 0.3) is 0 Å². The number of ketones is 1. The van der Waals surface area contributed by atoms with Crippen molar-refractivity contribution in [2.75, 3.05) is 0 Å². The summed E-state index contributed by atoms with van der Waals surface area (Å²) in [5.74, 6) is -2.13. The largest absolute Gasteiger partial charge is 0.294 e. The molecule has 0 bridgehead atoms. The Morgan fingerprint density at radius 2 is 2.00 bits per heavy atom. The van der Waals surface area contributed by atoms with E-state index in [4.69, 9.17) is 0 Å². The summed E-state index contributed by atoms with van der Waals surface area (Å²) < 4.78 is 26.9. The topological polar surface area (TPSA) is 17.1 Å². The fourth-order valence-electron chi connectivity index (χ4n) is 1.35. The molecule has 0 atom stereocenters. The van der Waals surface area contributed by atoms with E-state index in [0.29, 0.717) is 12.0 Å². The number of carbonyl (C=O) groups excluding carboxylic acids is 1. The summed E-state index contributed by atoms with van der Waals surface area (Å²) in [6, 6.07) is 2.43. The zero-order valence-corrected chi connectivity index (χ0v) is 9.44. The molecule has 0 radical (unpaired) electrons. The summed E-state index contributed by atoms with van der Waals surface area (Å²) in [4.78, 5) is 11.7. The molecule has 0 amide bonds. The van der Waals surface area contributed by atoms with Crippen LogP contribution >= 0.6 is 0 Å². The Labute approximate surface area is 93.8 Å². The van der Waals surface area contributed by atoms with Crippen LogP contribution in [0.4, 0.5) is 8.78 Å². The van der Waals surface area contributed by atoms with E-state index in [2.05, 4.69) is 6.58 Å². The molecule has 0 spiro atoms. The minimum atomic E-state index is -0.808. The van der Waals surface area contributed by atoms with Gasteiger partial charge >= 0.3 is 0 Å². The van der Waals surface area contributed by atoms with Crippen LogP contribution in [-0.4, -0.2) is 5.78 Å². The Bertz CT molecular complexity index is 436. The first-order valence-electron chi connectivity index (χ1n) is 5.11. The number of carbonyl (C=O) groups is 1. The molecule has 1 nitrogen and oxygen atoms in total. The molecule has 0 heterocycles. The normalized spacial score (nSPS) is 10.2. The molecule has 0 N–H and O–H groups in total. The highest BCUT2D eigenvalue weighted by molar-refractivity contribution is 5.98. The molecular formula is C13H14F2O. The van der Waals surface area contributed by atoms with Crippen LogP contribution in [0.25, 0.3) is 0 Å². The number of benzene rings is 1. The van der Waals surface area contributed by atoms with E-state index >= 15 is 0 Å². The Kier molecular flexibility index (Phi) is 3.93. The lowest BCUT2D eigenvalue weighted by Crippen LogP contribution is -2.08. The first-order valence-corrected chi connectivity index (χ1v) is 5.11. The lowest BCUT2D eigenvalue weighted by Gasteiger charge is -2.07. The molecule has 0 aliphatic carbocycles. The molecule has 1 aromatic carbocycles. The minimum absolute atomic E-state index is 0.00616. The summed E-state index contributed by atoms with van der Waals surface area (Å²) in [6.07, 6.45) is 0.620. The molecule has 0 aliphatic heterocycles. The van der Waals surface area contributed by atoms with Gasteiger partial charge in [0.05, 0.1) is 5.56 Å². The maximum absolute atomic E-state index is 13.6. The highest BCUT2D eigenvalue weighted by atomic mass is 19.1. The van der Waals surface area contributed by atoms with Gasteiger partial charge in [0.2, 0.25) is 0 Å². The average Bonchev–Trinajstić information content (AvgIpc) is 2.24. The van der Waals surface area contributed by atoms with Crippen molar-refractivity contribution in [1.29, 1.82) is 0 Å². The molecule has 1 rings (SSSR count). The van der Waals surface area contributed by atoms with E-state index in [-0.39, 0.29) is 12.0 Å². The third-order valence-electron chi connectivity index (χ3n) is 2.47. The van der Waals surface area contributed by atoms with Crippen molar-refractivity contribution < 1.29 is 13.6 Å². The van der Waals surface area contributed by atoms with Gasteiger partial charge in [-0.2, -0.15) is 0 Å². The van der Waals surface area contributed by atoms with E-state index in [0.717, 1.165) is 6.07 Å². The molecule has 3 heteroatoms. The van der Waals surface area contributed by atoms with Crippen LogP contribution in [0.15, 0.2) is 24.3 Å². The molecule has 1 aromatic rings. The molecule has 0 saturated carbocycles. The zero-order valence-electron chi connectivity index (χ0n) is 9.44. The van der Waals surface area contributed by atoms with Crippen molar-refractivity contribution in [1.82, 2.24) is 0 Å². The summed E-state index contributed by atoms with van der Waals surface area (Å²) in [5.41, 5.74) is 0.492. The van der Waals surface area contributed by atoms with Gasteiger partial charge in [0.1, 0.15) is 11.6 Å². The predicted molar refractivity (Wildman–Crippen MR) is 59.5 cm³/mol. The second kappa shape index (κ2) is 5.01. The van der Waals surface area contributed by atoms with Gasteiger partial charge in [0, 0.05) is 6.42 Å². The number of aryl methyl sites for hydroxylation is 1. The maximum Gasteiger partial charge on any atom is 0.172 e. The molecule has 0 unspecified atom stereocenters. The van der Waals surface area contributed by atoms with Crippen LogP contribution in [0, 0.1) is 18.6 Å². The summed E-state index contributed by atoms with van der Waals surface area (Å²) in [5, 5.41) is 0. The monoisotopic (exact) mass is 224 g/mol. The van der Waals surface area contributed by atoms with Crippen LogP contribution in [0.5, 0.6) is 0 Å². The smallest absolute Gasteiger partial charge is 0.172 e. The Morgan fingerprint density at radius 1 is 1.38 bits per heavy atom. The number of hydrogen-bond donors (Lipinski definition) is 0. The fraction of sp³-hybridized carbons (Fsp3) is 0.308. The molecule has 0 aromatic heterocycles. The van der Waals surface area contributed by atoms with Gasteiger partial charge in [-0.25, -0.2) is 8.78 Å². The minimum Gasteiger partial charge on any atom is -0.294 e. The van der Waals surface area contributed by atoms with Crippen molar-refractivity contribution in [3.63, 3.8) is 0 Å².